The lowest BCUT2D eigenvalue weighted by Gasteiger charge is -2.58. The predicted octanol–water partition coefficient (Wildman–Crippen LogP) is 2.03. The number of aliphatic hydroxyl groups is 2. The van der Waals surface area contributed by atoms with Gasteiger partial charge in [-0.25, -0.2) is 0 Å². The third-order valence-electron chi connectivity index (χ3n) is 7.61. The minimum Gasteiger partial charge on any atom is -0.393 e. The molecule has 0 aromatic carbocycles. The summed E-state index contributed by atoms with van der Waals surface area (Å²) in [5.74, 6) is 0.345. The first kappa shape index (κ1) is 15.5. The molecule has 2 N–H and O–H groups in total. The number of fused-ring (bicyclic) bond motifs is 5. The van der Waals surface area contributed by atoms with Crippen LogP contribution in [0.5, 0.6) is 0 Å². The first-order chi connectivity index (χ1) is 10.9. The number of allylic oxidation sites excluding steroid dienone is 1. The van der Waals surface area contributed by atoms with E-state index in [0.29, 0.717) is 12.8 Å². The molecule has 4 aliphatic carbocycles. The molecule has 4 heteroatoms. The van der Waals surface area contributed by atoms with Crippen molar-refractivity contribution in [3.8, 4) is 0 Å². The zero-order valence-electron chi connectivity index (χ0n) is 13.7. The van der Waals surface area contributed by atoms with Crippen LogP contribution in [0, 0.1) is 29.1 Å². The topological polar surface area (TPSA) is 74.6 Å². The number of hydrogen-bond donors (Lipinski definition) is 2. The Balaban J connectivity index is 1.73. The average Bonchev–Trinajstić information content (AvgIpc) is 2.83. The second kappa shape index (κ2) is 5.00. The molecule has 0 saturated heterocycles. The number of aliphatic hydroxyl groups excluding tert-OH is 1. The molecule has 0 bridgehead atoms. The Labute approximate surface area is 137 Å². The van der Waals surface area contributed by atoms with Gasteiger partial charge in [0, 0.05) is 18.8 Å². The van der Waals surface area contributed by atoms with Crippen LogP contribution in [0.4, 0.5) is 0 Å². The standard InChI is InChI=1S/C19H26O4/c1-18-7-6-13(21)8-11(18)2-4-14-15-5-3-12(10-20)19(15,23)9-16(22)17(14)18/h8,10,12,14-17,22-23H,2-7,9H2,1H3. The van der Waals surface area contributed by atoms with Crippen molar-refractivity contribution in [2.75, 3.05) is 0 Å². The highest BCUT2D eigenvalue weighted by Crippen LogP contribution is 2.63. The summed E-state index contributed by atoms with van der Waals surface area (Å²) in [6.07, 6.45) is 7.19. The van der Waals surface area contributed by atoms with E-state index in [-0.39, 0.29) is 34.9 Å². The number of rotatable bonds is 1. The second-order valence-corrected chi connectivity index (χ2v) is 8.47. The summed E-state index contributed by atoms with van der Waals surface area (Å²) >= 11 is 0. The van der Waals surface area contributed by atoms with E-state index in [2.05, 4.69) is 6.92 Å². The van der Waals surface area contributed by atoms with Crippen molar-refractivity contribution in [2.45, 2.75) is 63.6 Å². The smallest absolute Gasteiger partial charge is 0.155 e. The molecule has 7 atom stereocenters. The molecule has 3 fully saturated rings. The van der Waals surface area contributed by atoms with Crippen LogP contribution in [0.25, 0.3) is 0 Å². The maximum atomic E-state index is 11.8. The fourth-order valence-electron chi connectivity index (χ4n) is 6.52. The summed E-state index contributed by atoms with van der Waals surface area (Å²) in [7, 11) is 0. The lowest BCUT2D eigenvalue weighted by molar-refractivity contribution is -0.175. The predicted molar refractivity (Wildman–Crippen MR) is 84.5 cm³/mol. The first-order valence-electron chi connectivity index (χ1n) is 9.00. The number of hydrogen-bond acceptors (Lipinski definition) is 4. The van der Waals surface area contributed by atoms with Gasteiger partial charge in [-0.3, -0.25) is 4.79 Å². The normalized spacial score (nSPS) is 52.2. The van der Waals surface area contributed by atoms with Crippen molar-refractivity contribution in [3.05, 3.63) is 11.6 Å². The van der Waals surface area contributed by atoms with Gasteiger partial charge in [0.25, 0.3) is 0 Å². The Bertz CT molecular complexity index is 582. The zero-order valence-corrected chi connectivity index (χ0v) is 13.7. The van der Waals surface area contributed by atoms with Gasteiger partial charge in [0.2, 0.25) is 0 Å². The van der Waals surface area contributed by atoms with E-state index in [4.69, 9.17) is 0 Å². The fourth-order valence-corrected chi connectivity index (χ4v) is 6.52. The highest BCUT2D eigenvalue weighted by atomic mass is 16.3. The first-order valence-corrected chi connectivity index (χ1v) is 9.00. The maximum absolute atomic E-state index is 11.8. The van der Waals surface area contributed by atoms with E-state index in [1.54, 1.807) is 0 Å². The molecule has 0 aromatic rings. The Hall–Kier alpha value is -1.00. The molecular weight excluding hydrogens is 292 g/mol. The van der Waals surface area contributed by atoms with Crippen molar-refractivity contribution in [3.63, 3.8) is 0 Å². The molecule has 126 valence electrons. The highest BCUT2D eigenvalue weighted by Gasteiger charge is 2.63. The minimum absolute atomic E-state index is 0.103. The quantitative estimate of drug-likeness (QED) is 0.726. The van der Waals surface area contributed by atoms with Crippen molar-refractivity contribution in [2.24, 2.45) is 29.1 Å². The van der Waals surface area contributed by atoms with Gasteiger partial charge in [0.15, 0.2) is 5.78 Å². The second-order valence-electron chi connectivity index (χ2n) is 8.47. The van der Waals surface area contributed by atoms with E-state index in [1.165, 1.54) is 5.57 Å². The zero-order chi connectivity index (χ0) is 16.4. The molecule has 23 heavy (non-hydrogen) atoms. The molecule has 0 spiro atoms. The molecule has 4 nitrogen and oxygen atoms in total. The molecule has 0 heterocycles. The largest absolute Gasteiger partial charge is 0.393 e. The van der Waals surface area contributed by atoms with E-state index < -0.39 is 11.7 Å². The van der Waals surface area contributed by atoms with Crippen LogP contribution in [0.1, 0.15) is 51.9 Å². The lowest BCUT2D eigenvalue weighted by Crippen LogP contribution is -2.60. The molecule has 4 rings (SSSR count). The number of ketones is 1. The van der Waals surface area contributed by atoms with Crippen LogP contribution in [0.2, 0.25) is 0 Å². The average molecular weight is 318 g/mol. The third kappa shape index (κ3) is 1.97. The molecule has 0 radical (unpaired) electrons. The van der Waals surface area contributed by atoms with E-state index >= 15 is 0 Å². The van der Waals surface area contributed by atoms with Gasteiger partial charge in [-0.05, 0) is 61.3 Å². The number of carbonyl (C=O) groups excluding carboxylic acids is 2. The Morgan fingerprint density at radius 3 is 2.78 bits per heavy atom. The monoisotopic (exact) mass is 318 g/mol. The summed E-state index contributed by atoms with van der Waals surface area (Å²) in [6.45, 7) is 2.20. The Morgan fingerprint density at radius 2 is 2.04 bits per heavy atom. The van der Waals surface area contributed by atoms with Crippen LogP contribution in [-0.2, 0) is 9.59 Å². The lowest BCUT2D eigenvalue weighted by atomic mass is 9.48. The van der Waals surface area contributed by atoms with Crippen LogP contribution < -0.4 is 0 Å². The van der Waals surface area contributed by atoms with Crippen molar-refractivity contribution in [1.82, 2.24) is 0 Å². The molecule has 0 aromatic heterocycles. The van der Waals surface area contributed by atoms with E-state index in [1.807, 2.05) is 6.08 Å². The summed E-state index contributed by atoms with van der Waals surface area (Å²) in [5.41, 5.74) is 0.0470. The van der Waals surface area contributed by atoms with Gasteiger partial charge in [0.1, 0.15) is 6.29 Å². The fraction of sp³-hybridized carbons (Fsp3) is 0.789. The number of aldehydes is 1. The Kier molecular flexibility index (Phi) is 3.37. The summed E-state index contributed by atoms with van der Waals surface area (Å²) in [4.78, 5) is 23.2. The minimum atomic E-state index is -1.02. The summed E-state index contributed by atoms with van der Waals surface area (Å²) in [6, 6.07) is 0. The summed E-state index contributed by atoms with van der Waals surface area (Å²) < 4.78 is 0. The van der Waals surface area contributed by atoms with Crippen LogP contribution in [0.3, 0.4) is 0 Å². The van der Waals surface area contributed by atoms with Crippen molar-refractivity contribution >= 4 is 12.1 Å². The molecule has 0 amide bonds. The highest BCUT2D eigenvalue weighted by molar-refractivity contribution is 5.91. The van der Waals surface area contributed by atoms with Gasteiger partial charge in [-0.15, -0.1) is 0 Å². The van der Waals surface area contributed by atoms with Crippen LogP contribution in [-0.4, -0.2) is 34.0 Å². The molecule has 0 aliphatic heterocycles. The number of carbonyl (C=O) groups is 2. The van der Waals surface area contributed by atoms with Crippen LogP contribution in [0.15, 0.2) is 11.6 Å². The SMILES string of the molecule is CC12CCC(=O)C=C1CCC1C2C(O)CC2(O)C(C=O)CCC12. The Morgan fingerprint density at radius 1 is 1.26 bits per heavy atom. The molecular formula is C19H26O4. The van der Waals surface area contributed by atoms with Crippen molar-refractivity contribution < 1.29 is 19.8 Å². The molecule has 7 unspecified atom stereocenters. The van der Waals surface area contributed by atoms with Gasteiger partial charge in [-0.1, -0.05) is 12.5 Å². The molecule has 4 aliphatic rings. The summed E-state index contributed by atoms with van der Waals surface area (Å²) in [5, 5.41) is 22.1. The van der Waals surface area contributed by atoms with Gasteiger partial charge >= 0.3 is 0 Å². The van der Waals surface area contributed by atoms with Gasteiger partial charge in [-0.2, -0.15) is 0 Å². The van der Waals surface area contributed by atoms with Gasteiger partial charge in [0.05, 0.1) is 11.7 Å². The van der Waals surface area contributed by atoms with E-state index in [0.717, 1.165) is 38.4 Å². The third-order valence-corrected chi connectivity index (χ3v) is 7.61. The van der Waals surface area contributed by atoms with E-state index in [9.17, 15) is 19.8 Å². The maximum Gasteiger partial charge on any atom is 0.155 e. The van der Waals surface area contributed by atoms with Crippen LogP contribution >= 0.6 is 0 Å². The van der Waals surface area contributed by atoms with Gasteiger partial charge < -0.3 is 15.0 Å². The molecule has 3 saturated carbocycles. The van der Waals surface area contributed by atoms with Crippen molar-refractivity contribution in [1.29, 1.82) is 0 Å².